The average Bonchev–Trinajstić information content (AvgIpc) is 2.66. The van der Waals surface area contributed by atoms with Gasteiger partial charge in [-0.25, -0.2) is 9.59 Å². The van der Waals surface area contributed by atoms with E-state index in [4.69, 9.17) is 4.74 Å². The number of carbonyl (C=O) groups excluding carboxylic acids is 1. The third kappa shape index (κ3) is 4.07. The normalized spacial score (nSPS) is 10.7. The molecule has 0 unspecified atom stereocenters. The zero-order valence-electron chi connectivity index (χ0n) is 14.4. The molecule has 0 atom stereocenters. The lowest BCUT2D eigenvalue weighted by Gasteiger charge is -2.16. The van der Waals surface area contributed by atoms with E-state index in [-0.39, 0.29) is 0 Å². The number of nitrogens with zero attached hydrogens (tertiary/aromatic N) is 2. The topological polar surface area (TPSA) is 85.2 Å². The molecule has 3 rings (SSSR count). The van der Waals surface area contributed by atoms with Gasteiger partial charge in [0.05, 0.1) is 18.7 Å². The van der Waals surface area contributed by atoms with Gasteiger partial charge in [-0.05, 0) is 17.7 Å². The maximum Gasteiger partial charge on any atom is 0.349 e. The highest BCUT2D eigenvalue weighted by Gasteiger charge is 2.13. The number of anilines is 1. The summed E-state index contributed by atoms with van der Waals surface area (Å²) in [5.41, 5.74) is 1.09. The molecule has 2 N–H and O–H groups in total. The molecule has 0 radical (unpaired) electrons. The molecule has 1 heterocycles. The number of carbonyl (C=O) groups is 1. The summed E-state index contributed by atoms with van der Waals surface area (Å²) in [6.45, 7) is 1.01. The van der Waals surface area contributed by atoms with Crippen molar-refractivity contribution in [2.24, 2.45) is 0 Å². The minimum atomic E-state index is -0.431. The number of methoxy groups -OCH3 is 1. The van der Waals surface area contributed by atoms with Gasteiger partial charge in [-0.2, -0.15) is 4.98 Å². The largest absolute Gasteiger partial charge is 0.383 e. The Morgan fingerprint density at radius 2 is 1.85 bits per heavy atom. The summed E-state index contributed by atoms with van der Waals surface area (Å²) in [6.07, 6.45) is 0. The van der Waals surface area contributed by atoms with Crippen LogP contribution in [0.5, 0.6) is 0 Å². The molecule has 0 aliphatic heterocycles. The molecule has 7 heteroatoms. The highest BCUT2D eigenvalue weighted by atomic mass is 16.5. The van der Waals surface area contributed by atoms with Gasteiger partial charge in [0.25, 0.3) is 0 Å². The molecule has 2 aromatic carbocycles. The summed E-state index contributed by atoms with van der Waals surface area (Å²) >= 11 is 0. The minimum absolute atomic E-state index is 0.293. The predicted molar refractivity (Wildman–Crippen MR) is 100 cm³/mol. The van der Waals surface area contributed by atoms with E-state index in [9.17, 15) is 9.59 Å². The summed E-state index contributed by atoms with van der Waals surface area (Å²) in [4.78, 5) is 28.8. The van der Waals surface area contributed by atoms with Crippen molar-refractivity contribution in [3.05, 3.63) is 70.6 Å². The van der Waals surface area contributed by atoms with Crippen LogP contribution in [0.3, 0.4) is 0 Å². The van der Waals surface area contributed by atoms with E-state index in [0.717, 1.165) is 5.56 Å². The zero-order valence-corrected chi connectivity index (χ0v) is 14.4. The third-order valence-corrected chi connectivity index (χ3v) is 3.92. The predicted octanol–water partition coefficient (Wildman–Crippen LogP) is 2.36. The number of ether oxygens (including phenoxy) is 1. The van der Waals surface area contributed by atoms with Crippen LogP contribution in [0.2, 0.25) is 0 Å². The minimum Gasteiger partial charge on any atom is -0.383 e. The van der Waals surface area contributed by atoms with Crippen LogP contribution in [0.4, 0.5) is 10.6 Å². The van der Waals surface area contributed by atoms with Gasteiger partial charge in [-0.1, -0.05) is 42.5 Å². The summed E-state index contributed by atoms with van der Waals surface area (Å²) in [5, 5.41) is 6.28. The lowest BCUT2D eigenvalue weighted by Crippen LogP contribution is -2.33. The molecule has 1 aromatic heterocycles. The fraction of sp³-hybridized carbons (Fsp3) is 0.211. The van der Waals surface area contributed by atoms with Crippen LogP contribution < -0.4 is 16.3 Å². The molecule has 0 bridgehead atoms. The fourth-order valence-corrected chi connectivity index (χ4v) is 2.63. The quantitative estimate of drug-likeness (QED) is 0.713. The van der Waals surface area contributed by atoms with Gasteiger partial charge in [-0.15, -0.1) is 0 Å². The van der Waals surface area contributed by atoms with E-state index >= 15 is 0 Å². The number of hydrogen-bond donors (Lipinski definition) is 2. The van der Waals surface area contributed by atoms with Crippen molar-refractivity contribution < 1.29 is 9.53 Å². The van der Waals surface area contributed by atoms with Crippen LogP contribution in [0.1, 0.15) is 5.56 Å². The van der Waals surface area contributed by atoms with Gasteiger partial charge < -0.3 is 10.1 Å². The lowest BCUT2D eigenvalue weighted by molar-refractivity contribution is 0.186. The second kappa shape index (κ2) is 8.26. The fourth-order valence-electron chi connectivity index (χ4n) is 2.63. The third-order valence-electron chi connectivity index (χ3n) is 3.92. The number of fused-ring (bicyclic) bond motifs is 1. The standard InChI is InChI=1S/C19H20N4O3/c1-26-12-11-23-17(15-9-5-6-10-16(15)21-19(23)25)22-18(24)20-13-14-7-3-2-4-8-14/h2-10H,11-13H2,1H3,(H2,20,22,24). The molecule has 0 fully saturated rings. The van der Waals surface area contributed by atoms with Crippen molar-refractivity contribution in [1.29, 1.82) is 0 Å². The van der Waals surface area contributed by atoms with Crippen LogP contribution in [0, 0.1) is 0 Å². The Labute approximate surface area is 150 Å². The summed E-state index contributed by atoms with van der Waals surface area (Å²) in [7, 11) is 1.55. The van der Waals surface area contributed by atoms with Crippen molar-refractivity contribution in [1.82, 2.24) is 14.9 Å². The highest BCUT2D eigenvalue weighted by Crippen LogP contribution is 2.19. The van der Waals surface area contributed by atoms with Gasteiger partial charge in [0.1, 0.15) is 5.82 Å². The smallest absolute Gasteiger partial charge is 0.349 e. The number of rotatable bonds is 6. The molecule has 0 aliphatic carbocycles. The first-order valence-electron chi connectivity index (χ1n) is 8.26. The Balaban J connectivity index is 1.87. The number of hydrogen-bond acceptors (Lipinski definition) is 4. The van der Waals surface area contributed by atoms with Crippen molar-refractivity contribution in [2.75, 3.05) is 19.0 Å². The Morgan fingerprint density at radius 1 is 1.12 bits per heavy atom. The zero-order chi connectivity index (χ0) is 18.4. The lowest BCUT2D eigenvalue weighted by atomic mass is 10.2. The van der Waals surface area contributed by atoms with Crippen molar-refractivity contribution >= 4 is 22.8 Å². The van der Waals surface area contributed by atoms with Crippen LogP contribution in [0.25, 0.3) is 10.9 Å². The molecule has 7 nitrogen and oxygen atoms in total. The molecule has 0 saturated carbocycles. The molecular formula is C19H20N4O3. The van der Waals surface area contributed by atoms with Crippen molar-refractivity contribution in [3.63, 3.8) is 0 Å². The molecule has 0 saturated heterocycles. The number of urea groups is 1. The average molecular weight is 352 g/mol. The van der Waals surface area contributed by atoms with E-state index in [0.29, 0.717) is 36.4 Å². The van der Waals surface area contributed by atoms with Crippen LogP contribution >= 0.6 is 0 Å². The molecule has 0 aliphatic rings. The monoisotopic (exact) mass is 352 g/mol. The molecule has 0 spiro atoms. The Hall–Kier alpha value is -3.19. The van der Waals surface area contributed by atoms with Gasteiger partial charge >= 0.3 is 11.7 Å². The number of amides is 2. The number of aromatic nitrogens is 2. The maximum absolute atomic E-state index is 12.4. The van der Waals surface area contributed by atoms with E-state index < -0.39 is 11.7 Å². The number of nitrogens with one attached hydrogen (secondary N) is 2. The first-order chi connectivity index (χ1) is 12.7. The SMILES string of the molecule is COCCn1c(NC(=O)NCc2ccccc2)c2ccccc2nc1=O. The van der Waals surface area contributed by atoms with Crippen LogP contribution in [-0.4, -0.2) is 29.3 Å². The van der Waals surface area contributed by atoms with Gasteiger partial charge in [-0.3, -0.25) is 9.88 Å². The van der Waals surface area contributed by atoms with E-state index in [1.807, 2.05) is 42.5 Å². The molecule has 3 aromatic rings. The van der Waals surface area contributed by atoms with Crippen molar-refractivity contribution in [2.45, 2.75) is 13.1 Å². The second-order valence-electron chi connectivity index (χ2n) is 5.70. The molecule has 134 valence electrons. The number of para-hydroxylation sites is 1. The van der Waals surface area contributed by atoms with Crippen molar-refractivity contribution in [3.8, 4) is 0 Å². The Bertz CT molecular complexity index is 954. The van der Waals surface area contributed by atoms with E-state index in [1.54, 1.807) is 19.2 Å². The Morgan fingerprint density at radius 3 is 2.62 bits per heavy atom. The van der Waals surface area contributed by atoms with E-state index in [2.05, 4.69) is 15.6 Å². The summed E-state index contributed by atoms with van der Waals surface area (Å²) in [5.74, 6) is 0.406. The summed E-state index contributed by atoms with van der Waals surface area (Å²) < 4.78 is 6.47. The first kappa shape index (κ1) is 17.6. The number of benzene rings is 2. The van der Waals surface area contributed by atoms with Crippen LogP contribution in [0.15, 0.2) is 59.4 Å². The Kier molecular flexibility index (Phi) is 5.60. The van der Waals surface area contributed by atoms with E-state index in [1.165, 1.54) is 4.57 Å². The molecule has 26 heavy (non-hydrogen) atoms. The maximum atomic E-state index is 12.4. The van der Waals surface area contributed by atoms with Crippen LogP contribution in [-0.2, 0) is 17.8 Å². The van der Waals surface area contributed by atoms with Gasteiger partial charge in [0.2, 0.25) is 0 Å². The first-order valence-corrected chi connectivity index (χ1v) is 8.26. The summed E-state index contributed by atoms with van der Waals surface area (Å²) in [6, 6.07) is 16.4. The van der Waals surface area contributed by atoms with Gasteiger partial charge in [0, 0.05) is 19.0 Å². The van der Waals surface area contributed by atoms with Gasteiger partial charge in [0.15, 0.2) is 0 Å². The molecular weight excluding hydrogens is 332 g/mol. The highest BCUT2D eigenvalue weighted by molar-refractivity contribution is 5.98. The molecule has 2 amide bonds. The second-order valence-corrected chi connectivity index (χ2v) is 5.70.